The lowest BCUT2D eigenvalue weighted by Gasteiger charge is -2.44. The SMILES string of the molecule is COc1cccc(C2=C(C)C(c3c(F)cc(/C=C/C(=O)O)cc3F)N(CC(C)(C)F)C(C)C2)c1. The van der Waals surface area contributed by atoms with E-state index < -0.39 is 29.3 Å². The maximum Gasteiger partial charge on any atom is 0.328 e. The number of alkyl halides is 1. The number of hydrogen-bond acceptors (Lipinski definition) is 3. The molecule has 1 aliphatic heterocycles. The van der Waals surface area contributed by atoms with E-state index in [1.807, 2.05) is 38.1 Å². The van der Waals surface area contributed by atoms with Crippen LogP contribution in [0.1, 0.15) is 56.8 Å². The number of halogens is 3. The van der Waals surface area contributed by atoms with Crippen molar-refractivity contribution in [3.8, 4) is 5.75 Å². The lowest BCUT2D eigenvalue weighted by atomic mass is 9.81. The average molecular weight is 474 g/mol. The Balaban J connectivity index is 2.20. The molecule has 2 unspecified atom stereocenters. The van der Waals surface area contributed by atoms with E-state index in [4.69, 9.17) is 9.84 Å². The van der Waals surface area contributed by atoms with Crippen LogP contribution < -0.4 is 4.74 Å². The van der Waals surface area contributed by atoms with Gasteiger partial charge in [0.1, 0.15) is 23.1 Å². The summed E-state index contributed by atoms with van der Waals surface area (Å²) < 4.78 is 50.9. The van der Waals surface area contributed by atoms with Crippen LogP contribution in [0.2, 0.25) is 0 Å². The normalized spacial score (nSPS) is 19.6. The summed E-state index contributed by atoms with van der Waals surface area (Å²) >= 11 is 0. The molecule has 0 radical (unpaired) electrons. The smallest absolute Gasteiger partial charge is 0.328 e. The van der Waals surface area contributed by atoms with Gasteiger partial charge in [0.15, 0.2) is 0 Å². The number of aliphatic carboxylic acids is 1. The van der Waals surface area contributed by atoms with Crippen LogP contribution in [-0.2, 0) is 4.79 Å². The van der Waals surface area contributed by atoms with E-state index in [9.17, 15) is 9.18 Å². The second-order valence-electron chi connectivity index (χ2n) is 9.31. The lowest BCUT2D eigenvalue weighted by molar-refractivity contribution is -0.131. The Morgan fingerprint density at radius 2 is 1.88 bits per heavy atom. The van der Waals surface area contributed by atoms with E-state index in [2.05, 4.69) is 0 Å². The van der Waals surface area contributed by atoms with Gasteiger partial charge in [0, 0.05) is 24.2 Å². The quantitative estimate of drug-likeness (QED) is 0.471. The molecule has 2 aromatic rings. The van der Waals surface area contributed by atoms with Crippen molar-refractivity contribution < 1.29 is 27.8 Å². The van der Waals surface area contributed by atoms with E-state index in [-0.39, 0.29) is 23.7 Å². The van der Waals surface area contributed by atoms with Gasteiger partial charge in [0.2, 0.25) is 0 Å². The van der Waals surface area contributed by atoms with Crippen LogP contribution in [0.5, 0.6) is 5.75 Å². The second kappa shape index (κ2) is 10.1. The van der Waals surface area contributed by atoms with E-state index in [1.165, 1.54) is 13.8 Å². The molecule has 2 atom stereocenters. The summed E-state index contributed by atoms with van der Waals surface area (Å²) in [5.41, 5.74) is 0.866. The Morgan fingerprint density at radius 1 is 1.24 bits per heavy atom. The number of rotatable bonds is 7. The molecule has 1 aliphatic rings. The van der Waals surface area contributed by atoms with Gasteiger partial charge in [-0.1, -0.05) is 12.1 Å². The highest BCUT2D eigenvalue weighted by molar-refractivity contribution is 5.85. The van der Waals surface area contributed by atoms with Crippen molar-refractivity contribution in [1.82, 2.24) is 4.90 Å². The largest absolute Gasteiger partial charge is 0.497 e. The second-order valence-corrected chi connectivity index (χ2v) is 9.31. The molecule has 4 nitrogen and oxygen atoms in total. The van der Waals surface area contributed by atoms with Crippen LogP contribution in [0.25, 0.3) is 11.6 Å². The lowest BCUT2D eigenvalue weighted by Crippen LogP contribution is -2.47. The highest BCUT2D eigenvalue weighted by atomic mass is 19.1. The van der Waals surface area contributed by atoms with Crippen molar-refractivity contribution in [3.63, 3.8) is 0 Å². The Morgan fingerprint density at radius 3 is 2.44 bits per heavy atom. The fourth-order valence-corrected chi connectivity index (χ4v) is 4.59. The van der Waals surface area contributed by atoms with Gasteiger partial charge in [-0.25, -0.2) is 18.0 Å². The molecule has 0 aromatic heterocycles. The monoisotopic (exact) mass is 473 g/mol. The molecule has 0 aliphatic carbocycles. The molecule has 182 valence electrons. The van der Waals surface area contributed by atoms with E-state index in [0.29, 0.717) is 12.2 Å². The molecule has 0 fully saturated rings. The van der Waals surface area contributed by atoms with Crippen molar-refractivity contribution >= 4 is 17.6 Å². The molecule has 0 saturated heterocycles. The highest BCUT2D eigenvalue weighted by Crippen LogP contribution is 2.45. The highest BCUT2D eigenvalue weighted by Gasteiger charge is 2.39. The van der Waals surface area contributed by atoms with Crippen molar-refractivity contribution in [1.29, 1.82) is 0 Å². The third kappa shape index (κ3) is 5.70. The molecular weight excluding hydrogens is 443 g/mol. The number of ether oxygens (including phenoxy) is 1. The Hall–Kier alpha value is -3.06. The maximum absolute atomic E-state index is 15.4. The number of carboxylic acids is 1. The summed E-state index contributed by atoms with van der Waals surface area (Å²) in [7, 11) is 1.57. The number of carboxylic acid groups (broad SMARTS) is 1. The topological polar surface area (TPSA) is 49.8 Å². The number of methoxy groups -OCH3 is 1. The zero-order chi connectivity index (χ0) is 25.2. The zero-order valence-electron chi connectivity index (χ0n) is 20.0. The number of hydrogen-bond donors (Lipinski definition) is 1. The standard InChI is InChI=1S/C27H30F3NO3/c1-16-11-21(19-7-6-8-20(14-19)34-5)17(2)26(31(16)15-27(3,4)30)25-22(28)12-18(13-23(25)29)9-10-24(32)33/h6-10,12-14,16,26H,11,15H2,1-5H3,(H,32,33)/b10-9+. The molecule has 3 rings (SSSR count). The minimum absolute atomic E-state index is 0.0128. The van der Waals surface area contributed by atoms with E-state index in [0.717, 1.165) is 41.0 Å². The van der Waals surface area contributed by atoms with Crippen LogP contribution in [0.4, 0.5) is 13.2 Å². The molecule has 1 heterocycles. The van der Waals surface area contributed by atoms with Gasteiger partial charge in [-0.2, -0.15) is 0 Å². The van der Waals surface area contributed by atoms with Gasteiger partial charge >= 0.3 is 5.97 Å². The van der Waals surface area contributed by atoms with Crippen LogP contribution in [0.3, 0.4) is 0 Å². The van der Waals surface area contributed by atoms with Crippen LogP contribution in [0.15, 0.2) is 48.0 Å². The summed E-state index contributed by atoms with van der Waals surface area (Å²) in [6, 6.07) is 8.66. The van der Waals surface area contributed by atoms with Gasteiger partial charge < -0.3 is 9.84 Å². The Bertz CT molecular complexity index is 1110. The van der Waals surface area contributed by atoms with Crippen molar-refractivity contribution in [2.75, 3.05) is 13.7 Å². The summed E-state index contributed by atoms with van der Waals surface area (Å²) in [5, 5.41) is 8.82. The number of carbonyl (C=O) groups is 1. The molecule has 0 saturated carbocycles. The van der Waals surface area contributed by atoms with Gasteiger partial charge in [-0.3, -0.25) is 4.90 Å². The summed E-state index contributed by atoms with van der Waals surface area (Å²) in [6.07, 6.45) is 2.53. The molecule has 7 heteroatoms. The van der Waals surface area contributed by atoms with Crippen molar-refractivity contribution in [2.45, 2.75) is 51.9 Å². The van der Waals surface area contributed by atoms with Gasteiger partial charge in [-0.05, 0) is 86.7 Å². The summed E-state index contributed by atoms with van der Waals surface area (Å²) in [5.74, 6) is -2.17. The number of benzene rings is 2. The first-order valence-corrected chi connectivity index (χ1v) is 11.1. The van der Waals surface area contributed by atoms with Crippen LogP contribution in [0, 0.1) is 11.6 Å². The number of nitrogens with zero attached hydrogens (tertiary/aromatic N) is 1. The van der Waals surface area contributed by atoms with E-state index >= 15 is 8.78 Å². The fourth-order valence-electron chi connectivity index (χ4n) is 4.59. The molecule has 0 bridgehead atoms. The molecule has 2 aromatic carbocycles. The first kappa shape index (κ1) is 25.6. The van der Waals surface area contributed by atoms with Crippen LogP contribution >= 0.6 is 0 Å². The maximum atomic E-state index is 15.4. The van der Waals surface area contributed by atoms with Crippen molar-refractivity contribution in [3.05, 3.63) is 76.4 Å². The first-order chi connectivity index (χ1) is 15.9. The third-order valence-electron chi connectivity index (χ3n) is 6.05. The molecule has 0 spiro atoms. The van der Waals surface area contributed by atoms with Crippen molar-refractivity contribution in [2.24, 2.45) is 0 Å². The third-order valence-corrected chi connectivity index (χ3v) is 6.05. The first-order valence-electron chi connectivity index (χ1n) is 11.1. The molecule has 0 amide bonds. The van der Waals surface area contributed by atoms with E-state index in [1.54, 1.807) is 12.0 Å². The minimum Gasteiger partial charge on any atom is -0.497 e. The van der Waals surface area contributed by atoms with Gasteiger partial charge in [-0.15, -0.1) is 0 Å². The molecule has 34 heavy (non-hydrogen) atoms. The van der Waals surface area contributed by atoms with Gasteiger partial charge in [0.05, 0.1) is 13.2 Å². The van der Waals surface area contributed by atoms with Crippen LogP contribution in [-0.4, -0.2) is 41.3 Å². The summed E-state index contributed by atoms with van der Waals surface area (Å²) in [6.45, 7) is 6.62. The predicted molar refractivity (Wildman–Crippen MR) is 127 cm³/mol. The zero-order valence-corrected chi connectivity index (χ0v) is 20.0. The Kier molecular flexibility index (Phi) is 7.56. The molecule has 1 N–H and O–H groups in total. The predicted octanol–water partition coefficient (Wildman–Crippen LogP) is 6.43. The average Bonchev–Trinajstić information content (AvgIpc) is 2.75. The molecular formula is C27H30F3NO3. The Labute approximate surface area is 198 Å². The van der Waals surface area contributed by atoms with Gasteiger partial charge in [0.25, 0.3) is 0 Å². The minimum atomic E-state index is -1.59. The fraction of sp³-hybridized carbons (Fsp3) is 0.370. The summed E-state index contributed by atoms with van der Waals surface area (Å²) in [4.78, 5) is 12.6.